The number of carboxylic acid groups (broad SMARTS) is 1. The van der Waals surface area contributed by atoms with Crippen LogP contribution in [0, 0.1) is 0 Å². The first kappa shape index (κ1) is 16.8. The van der Waals surface area contributed by atoms with Crippen LogP contribution in [0.25, 0.3) is 10.8 Å². The summed E-state index contributed by atoms with van der Waals surface area (Å²) in [5, 5.41) is 9.38. The van der Waals surface area contributed by atoms with Crippen molar-refractivity contribution >= 4 is 16.7 Å². The second-order valence-corrected chi connectivity index (χ2v) is 5.55. The molecule has 0 saturated carbocycles. The van der Waals surface area contributed by atoms with Crippen LogP contribution < -0.4 is 5.56 Å². The monoisotopic (exact) mass is 347 g/mol. The van der Waals surface area contributed by atoms with Crippen LogP contribution in [0.15, 0.2) is 59.5 Å². The molecule has 0 fully saturated rings. The Morgan fingerprint density at radius 2 is 1.84 bits per heavy atom. The van der Waals surface area contributed by atoms with Crippen molar-refractivity contribution in [2.75, 3.05) is 0 Å². The molecule has 3 rings (SSSR count). The van der Waals surface area contributed by atoms with Gasteiger partial charge in [0.05, 0.1) is 17.7 Å². The van der Waals surface area contributed by atoms with Gasteiger partial charge in [-0.25, -0.2) is 4.79 Å². The zero-order chi connectivity index (χ0) is 18.2. The summed E-state index contributed by atoms with van der Waals surface area (Å²) < 4.78 is 39.6. The van der Waals surface area contributed by atoms with Gasteiger partial charge in [-0.05, 0) is 47.3 Å². The predicted octanol–water partition coefficient (Wildman–Crippen LogP) is 3.77. The fraction of sp³-hybridized carbons (Fsp3) is 0.111. The van der Waals surface area contributed by atoms with E-state index in [0.29, 0.717) is 5.56 Å². The van der Waals surface area contributed by atoms with Crippen molar-refractivity contribution in [3.05, 3.63) is 81.8 Å². The Hall–Kier alpha value is -3.09. The molecule has 1 heterocycles. The molecule has 0 aliphatic rings. The molecule has 4 nitrogen and oxygen atoms in total. The zero-order valence-electron chi connectivity index (χ0n) is 12.7. The Balaban J connectivity index is 2.01. The molecule has 0 atom stereocenters. The van der Waals surface area contributed by atoms with Crippen molar-refractivity contribution in [2.24, 2.45) is 0 Å². The number of benzene rings is 2. The number of carbonyl (C=O) groups is 1. The fourth-order valence-electron chi connectivity index (χ4n) is 2.59. The molecule has 0 saturated heterocycles. The molecule has 25 heavy (non-hydrogen) atoms. The van der Waals surface area contributed by atoms with Gasteiger partial charge in [0.1, 0.15) is 0 Å². The summed E-state index contributed by atoms with van der Waals surface area (Å²) in [6.45, 7) is 0.122. The lowest BCUT2D eigenvalue weighted by molar-refractivity contribution is -0.137. The number of hydrogen-bond acceptors (Lipinski definition) is 2. The number of aromatic carboxylic acids is 1. The average molecular weight is 347 g/mol. The standard InChI is InChI=1S/C18H12F3NO3/c19-18(20,21)14-4-5-15-12(9-14)6-7-22(16(15)23)10-11-2-1-3-13(8-11)17(24)25/h1-9H,10H2,(H,24,25). The number of aromatic nitrogens is 1. The van der Waals surface area contributed by atoms with E-state index < -0.39 is 23.3 Å². The third kappa shape index (κ3) is 3.40. The maximum atomic E-state index is 12.8. The van der Waals surface area contributed by atoms with Crippen LogP contribution in [0.4, 0.5) is 13.2 Å². The smallest absolute Gasteiger partial charge is 0.416 e. The van der Waals surface area contributed by atoms with E-state index in [1.54, 1.807) is 12.1 Å². The second-order valence-electron chi connectivity index (χ2n) is 5.55. The van der Waals surface area contributed by atoms with Gasteiger partial charge in [0.25, 0.3) is 5.56 Å². The molecule has 0 spiro atoms. The summed E-state index contributed by atoms with van der Waals surface area (Å²) >= 11 is 0. The van der Waals surface area contributed by atoms with Crippen molar-refractivity contribution in [1.29, 1.82) is 0 Å². The number of nitrogens with zero attached hydrogens (tertiary/aromatic N) is 1. The summed E-state index contributed by atoms with van der Waals surface area (Å²) in [4.78, 5) is 23.5. The highest BCUT2D eigenvalue weighted by molar-refractivity contribution is 5.87. The molecule has 2 aromatic carbocycles. The lowest BCUT2D eigenvalue weighted by atomic mass is 10.1. The second kappa shape index (κ2) is 6.08. The van der Waals surface area contributed by atoms with Gasteiger partial charge in [-0.1, -0.05) is 12.1 Å². The SMILES string of the molecule is O=C(O)c1cccc(Cn2ccc3cc(C(F)(F)F)ccc3c2=O)c1. The zero-order valence-corrected chi connectivity index (χ0v) is 12.7. The van der Waals surface area contributed by atoms with Crippen LogP contribution in [0.5, 0.6) is 0 Å². The molecule has 0 unspecified atom stereocenters. The van der Waals surface area contributed by atoms with E-state index >= 15 is 0 Å². The van der Waals surface area contributed by atoms with Crippen LogP contribution in [0.2, 0.25) is 0 Å². The fourth-order valence-corrected chi connectivity index (χ4v) is 2.59. The molecule has 1 N–H and O–H groups in total. The summed E-state index contributed by atoms with van der Waals surface area (Å²) in [6, 6.07) is 10.5. The van der Waals surface area contributed by atoms with E-state index in [2.05, 4.69) is 0 Å². The van der Waals surface area contributed by atoms with Gasteiger partial charge in [0, 0.05) is 11.6 Å². The first-order valence-corrected chi connectivity index (χ1v) is 7.28. The number of hydrogen-bond donors (Lipinski definition) is 1. The quantitative estimate of drug-likeness (QED) is 0.785. The molecule has 0 aliphatic heterocycles. The van der Waals surface area contributed by atoms with Crippen molar-refractivity contribution in [3.8, 4) is 0 Å². The molecule has 128 valence electrons. The lowest BCUT2D eigenvalue weighted by Gasteiger charge is -2.10. The third-order valence-corrected chi connectivity index (χ3v) is 3.83. The Kier molecular flexibility index (Phi) is 4.08. The topological polar surface area (TPSA) is 59.3 Å². The van der Waals surface area contributed by atoms with E-state index in [4.69, 9.17) is 5.11 Å². The molecular weight excluding hydrogens is 335 g/mol. The van der Waals surface area contributed by atoms with Gasteiger partial charge in [0.15, 0.2) is 0 Å². The van der Waals surface area contributed by atoms with Crippen LogP contribution in [-0.2, 0) is 12.7 Å². The normalized spacial score (nSPS) is 11.6. The highest BCUT2D eigenvalue weighted by Crippen LogP contribution is 2.30. The Bertz CT molecular complexity index is 1020. The highest BCUT2D eigenvalue weighted by atomic mass is 19.4. The van der Waals surface area contributed by atoms with Gasteiger partial charge in [-0.3, -0.25) is 4.79 Å². The van der Waals surface area contributed by atoms with E-state index in [1.807, 2.05) is 0 Å². The van der Waals surface area contributed by atoms with Crippen LogP contribution in [-0.4, -0.2) is 15.6 Å². The number of halogens is 3. The molecule has 0 bridgehead atoms. The lowest BCUT2D eigenvalue weighted by Crippen LogP contribution is -2.20. The summed E-state index contributed by atoms with van der Waals surface area (Å²) in [5.74, 6) is -1.08. The summed E-state index contributed by atoms with van der Waals surface area (Å²) in [6.07, 6.45) is -3.07. The first-order valence-electron chi connectivity index (χ1n) is 7.28. The van der Waals surface area contributed by atoms with Gasteiger partial charge in [-0.15, -0.1) is 0 Å². The van der Waals surface area contributed by atoms with E-state index in [1.165, 1.54) is 29.0 Å². The Labute approximate surface area is 139 Å². The number of rotatable bonds is 3. The number of carboxylic acids is 1. The predicted molar refractivity (Wildman–Crippen MR) is 85.7 cm³/mol. The van der Waals surface area contributed by atoms with Gasteiger partial charge >= 0.3 is 12.1 Å². The van der Waals surface area contributed by atoms with Gasteiger partial charge < -0.3 is 9.67 Å². The molecule has 0 radical (unpaired) electrons. The molecule has 1 aromatic heterocycles. The van der Waals surface area contributed by atoms with Crippen molar-refractivity contribution in [1.82, 2.24) is 4.57 Å². The van der Waals surface area contributed by atoms with Gasteiger partial charge in [-0.2, -0.15) is 13.2 Å². The number of pyridine rings is 1. The molecule has 3 aromatic rings. The molecule has 0 aliphatic carbocycles. The Morgan fingerprint density at radius 3 is 2.52 bits per heavy atom. The molecule has 7 heteroatoms. The van der Waals surface area contributed by atoms with E-state index in [-0.39, 0.29) is 22.9 Å². The molecular formula is C18H12F3NO3. The summed E-state index contributed by atoms with van der Waals surface area (Å²) in [5.41, 5.74) is -0.548. The minimum absolute atomic E-state index is 0.0983. The summed E-state index contributed by atoms with van der Waals surface area (Å²) in [7, 11) is 0. The van der Waals surface area contributed by atoms with Crippen LogP contribution >= 0.6 is 0 Å². The maximum Gasteiger partial charge on any atom is 0.416 e. The van der Waals surface area contributed by atoms with Crippen molar-refractivity contribution < 1.29 is 23.1 Å². The minimum atomic E-state index is -4.47. The minimum Gasteiger partial charge on any atom is -0.478 e. The Morgan fingerprint density at radius 1 is 1.08 bits per heavy atom. The van der Waals surface area contributed by atoms with Crippen molar-refractivity contribution in [3.63, 3.8) is 0 Å². The third-order valence-electron chi connectivity index (χ3n) is 3.83. The molecule has 0 amide bonds. The van der Waals surface area contributed by atoms with Crippen LogP contribution in [0.3, 0.4) is 0 Å². The largest absolute Gasteiger partial charge is 0.478 e. The van der Waals surface area contributed by atoms with E-state index in [0.717, 1.165) is 18.2 Å². The van der Waals surface area contributed by atoms with Crippen molar-refractivity contribution in [2.45, 2.75) is 12.7 Å². The first-order chi connectivity index (χ1) is 11.8. The highest BCUT2D eigenvalue weighted by Gasteiger charge is 2.30. The average Bonchev–Trinajstić information content (AvgIpc) is 2.56. The number of fused-ring (bicyclic) bond motifs is 1. The van der Waals surface area contributed by atoms with Gasteiger partial charge in [0.2, 0.25) is 0 Å². The maximum absolute atomic E-state index is 12.8. The van der Waals surface area contributed by atoms with E-state index in [9.17, 15) is 22.8 Å². The van der Waals surface area contributed by atoms with Crippen LogP contribution in [0.1, 0.15) is 21.5 Å². The number of alkyl halides is 3.